The van der Waals surface area contributed by atoms with Gasteiger partial charge in [0.1, 0.15) is 5.82 Å². The normalized spacial score (nSPS) is 15.1. The van der Waals surface area contributed by atoms with Crippen LogP contribution in [0.1, 0.15) is 25.8 Å². The molecule has 0 saturated carbocycles. The standard InChI is InChI=1S/C13H17F4NO/c1-3-12(2,8-19)7-18-9-4-5-11(14)10(6-9)13(15,16)17/h4-6,18-19H,3,7-8H2,1-2H3. The molecular formula is C13H17F4NO. The van der Waals surface area contributed by atoms with Gasteiger partial charge in [-0.2, -0.15) is 13.2 Å². The third-order valence-electron chi connectivity index (χ3n) is 3.23. The van der Waals surface area contributed by atoms with E-state index in [1.54, 1.807) is 0 Å². The molecule has 1 aromatic rings. The van der Waals surface area contributed by atoms with E-state index in [0.717, 1.165) is 12.1 Å². The van der Waals surface area contributed by atoms with Crippen molar-refractivity contribution in [3.63, 3.8) is 0 Å². The maximum absolute atomic E-state index is 13.1. The Balaban J connectivity index is 2.87. The zero-order chi connectivity index (χ0) is 14.7. The van der Waals surface area contributed by atoms with Gasteiger partial charge in [-0.1, -0.05) is 13.8 Å². The number of aliphatic hydroxyl groups excluding tert-OH is 1. The summed E-state index contributed by atoms with van der Waals surface area (Å²) in [6.45, 7) is 3.92. The maximum Gasteiger partial charge on any atom is 0.419 e. The van der Waals surface area contributed by atoms with Crippen molar-refractivity contribution >= 4 is 5.69 Å². The molecule has 0 saturated heterocycles. The van der Waals surface area contributed by atoms with Crippen molar-refractivity contribution in [1.82, 2.24) is 0 Å². The summed E-state index contributed by atoms with van der Waals surface area (Å²) in [5.41, 5.74) is -1.53. The number of benzene rings is 1. The molecule has 0 aliphatic rings. The Morgan fingerprint density at radius 3 is 2.37 bits per heavy atom. The fourth-order valence-corrected chi connectivity index (χ4v) is 1.46. The molecule has 6 heteroatoms. The number of anilines is 1. The Kier molecular flexibility index (Phi) is 4.79. The third kappa shape index (κ3) is 4.09. The summed E-state index contributed by atoms with van der Waals surface area (Å²) in [6.07, 6.45) is -4.05. The minimum atomic E-state index is -4.72. The predicted octanol–water partition coefficient (Wildman–Crippen LogP) is 3.67. The molecule has 1 atom stereocenters. The van der Waals surface area contributed by atoms with Gasteiger partial charge < -0.3 is 10.4 Å². The Morgan fingerprint density at radius 2 is 1.89 bits per heavy atom. The highest BCUT2D eigenvalue weighted by Crippen LogP contribution is 2.33. The monoisotopic (exact) mass is 279 g/mol. The van der Waals surface area contributed by atoms with Crippen LogP contribution in [0.4, 0.5) is 23.2 Å². The summed E-state index contributed by atoms with van der Waals surface area (Å²) < 4.78 is 50.7. The first-order valence-corrected chi connectivity index (χ1v) is 5.93. The van der Waals surface area contributed by atoms with E-state index in [1.807, 2.05) is 13.8 Å². The Hall–Kier alpha value is -1.30. The third-order valence-corrected chi connectivity index (χ3v) is 3.23. The molecule has 108 valence electrons. The fraction of sp³-hybridized carbons (Fsp3) is 0.538. The van der Waals surface area contributed by atoms with Crippen LogP contribution in [-0.2, 0) is 6.18 Å². The van der Waals surface area contributed by atoms with Crippen LogP contribution in [0.5, 0.6) is 0 Å². The molecule has 2 N–H and O–H groups in total. The Labute approximate surface area is 109 Å². The van der Waals surface area contributed by atoms with Crippen LogP contribution in [0.25, 0.3) is 0 Å². The van der Waals surface area contributed by atoms with Crippen molar-refractivity contribution < 1.29 is 22.7 Å². The molecule has 0 radical (unpaired) electrons. The van der Waals surface area contributed by atoms with E-state index < -0.39 is 23.0 Å². The largest absolute Gasteiger partial charge is 0.419 e. The Bertz CT molecular complexity index is 427. The van der Waals surface area contributed by atoms with Gasteiger partial charge in [0.25, 0.3) is 0 Å². The molecule has 1 unspecified atom stereocenters. The smallest absolute Gasteiger partial charge is 0.396 e. The average molecular weight is 279 g/mol. The summed E-state index contributed by atoms with van der Waals surface area (Å²) >= 11 is 0. The van der Waals surface area contributed by atoms with E-state index in [4.69, 9.17) is 0 Å². The van der Waals surface area contributed by atoms with Gasteiger partial charge in [0.15, 0.2) is 0 Å². The minimum absolute atomic E-state index is 0.0795. The van der Waals surface area contributed by atoms with Gasteiger partial charge in [-0.05, 0) is 24.6 Å². The topological polar surface area (TPSA) is 32.3 Å². The van der Waals surface area contributed by atoms with E-state index >= 15 is 0 Å². The summed E-state index contributed by atoms with van der Waals surface area (Å²) in [6, 6.07) is 2.77. The number of alkyl halides is 3. The lowest BCUT2D eigenvalue weighted by Gasteiger charge is -2.26. The summed E-state index contributed by atoms with van der Waals surface area (Å²) in [5.74, 6) is -1.29. The second-order valence-electron chi connectivity index (χ2n) is 4.87. The van der Waals surface area contributed by atoms with E-state index in [0.29, 0.717) is 13.0 Å². The van der Waals surface area contributed by atoms with Crippen molar-refractivity contribution in [3.8, 4) is 0 Å². The first kappa shape index (κ1) is 15.8. The van der Waals surface area contributed by atoms with Gasteiger partial charge in [0.05, 0.1) is 12.2 Å². The van der Waals surface area contributed by atoms with Crippen LogP contribution in [-0.4, -0.2) is 18.3 Å². The molecule has 2 nitrogen and oxygen atoms in total. The number of rotatable bonds is 5. The van der Waals surface area contributed by atoms with Crippen molar-refractivity contribution in [2.24, 2.45) is 5.41 Å². The first-order chi connectivity index (χ1) is 8.72. The molecule has 0 aliphatic carbocycles. The van der Waals surface area contributed by atoms with Gasteiger partial charge in [0.2, 0.25) is 0 Å². The minimum Gasteiger partial charge on any atom is -0.396 e. The summed E-state index contributed by atoms with van der Waals surface area (Å²) in [7, 11) is 0. The van der Waals surface area contributed by atoms with Gasteiger partial charge in [-0.25, -0.2) is 4.39 Å². The lowest BCUT2D eigenvalue weighted by atomic mass is 9.88. The van der Waals surface area contributed by atoms with Gasteiger partial charge >= 0.3 is 6.18 Å². The van der Waals surface area contributed by atoms with E-state index in [1.165, 1.54) is 6.07 Å². The molecule has 19 heavy (non-hydrogen) atoms. The van der Waals surface area contributed by atoms with Crippen LogP contribution >= 0.6 is 0 Å². The maximum atomic E-state index is 13.1. The lowest BCUT2D eigenvalue weighted by Crippen LogP contribution is -2.29. The van der Waals surface area contributed by atoms with E-state index in [9.17, 15) is 22.7 Å². The van der Waals surface area contributed by atoms with Crippen LogP contribution in [0.2, 0.25) is 0 Å². The zero-order valence-electron chi connectivity index (χ0n) is 10.8. The second-order valence-corrected chi connectivity index (χ2v) is 4.87. The van der Waals surface area contributed by atoms with Gasteiger partial charge in [-0.3, -0.25) is 0 Å². The number of aliphatic hydroxyl groups is 1. The molecule has 0 amide bonds. The summed E-state index contributed by atoms with van der Waals surface area (Å²) in [4.78, 5) is 0. The van der Waals surface area contributed by atoms with Crippen molar-refractivity contribution in [2.75, 3.05) is 18.5 Å². The van der Waals surface area contributed by atoms with E-state index in [2.05, 4.69) is 5.32 Å². The first-order valence-electron chi connectivity index (χ1n) is 5.93. The lowest BCUT2D eigenvalue weighted by molar-refractivity contribution is -0.139. The molecule has 0 aliphatic heterocycles. The molecule has 0 bridgehead atoms. The van der Waals surface area contributed by atoms with Crippen molar-refractivity contribution in [3.05, 3.63) is 29.6 Å². The van der Waals surface area contributed by atoms with Crippen LogP contribution < -0.4 is 5.32 Å². The van der Waals surface area contributed by atoms with Gasteiger partial charge in [0, 0.05) is 17.6 Å². The molecule has 0 aromatic heterocycles. The highest BCUT2D eigenvalue weighted by molar-refractivity contribution is 5.47. The highest BCUT2D eigenvalue weighted by Gasteiger charge is 2.34. The number of hydrogen-bond donors (Lipinski definition) is 2. The molecular weight excluding hydrogens is 262 g/mol. The number of nitrogens with one attached hydrogen (secondary N) is 1. The SMILES string of the molecule is CCC(C)(CO)CNc1ccc(F)c(C(F)(F)F)c1. The van der Waals surface area contributed by atoms with Crippen LogP contribution in [0.3, 0.4) is 0 Å². The van der Waals surface area contributed by atoms with Crippen molar-refractivity contribution in [2.45, 2.75) is 26.4 Å². The van der Waals surface area contributed by atoms with Crippen LogP contribution in [0, 0.1) is 11.2 Å². The van der Waals surface area contributed by atoms with Gasteiger partial charge in [-0.15, -0.1) is 0 Å². The number of halogens is 4. The predicted molar refractivity (Wildman–Crippen MR) is 65.4 cm³/mol. The average Bonchev–Trinajstić information content (AvgIpc) is 2.36. The summed E-state index contributed by atoms with van der Waals surface area (Å²) in [5, 5.41) is 12.0. The quantitative estimate of drug-likeness (QED) is 0.806. The molecule has 1 rings (SSSR count). The molecule has 0 heterocycles. The fourth-order valence-electron chi connectivity index (χ4n) is 1.46. The molecule has 1 aromatic carbocycles. The molecule has 0 spiro atoms. The van der Waals surface area contributed by atoms with Crippen LogP contribution in [0.15, 0.2) is 18.2 Å². The van der Waals surface area contributed by atoms with E-state index in [-0.39, 0.29) is 12.3 Å². The Morgan fingerprint density at radius 1 is 1.26 bits per heavy atom. The van der Waals surface area contributed by atoms with Crippen molar-refractivity contribution in [1.29, 1.82) is 0 Å². The zero-order valence-corrected chi connectivity index (χ0v) is 10.8. The second kappa shape index (κ2) is 5.77. The number of hydrogen-bond acceptors (Lipinski definition) is 2. The highest BCUT2D eigenvalue weighted by atomic mass is 19.4. The molecule has 0 fully saturated rings.